The summed E-state index contributed by atoms with van der Waals surface area (Å²) < 4.78 is 0. The molecule has 0 unspecified atom stereocenters. The summed E-state index contributed by atoms with van der Waals surface area (Å²) in [5, 5.41) is 8.56. The van der Waals surface area contributed by atoms with Crippen LogP contribution in [0.25, 0.3) is 0 Å². The van der Waals surface area contributed by atoms with Crippen molar-refractivity contribution in [1.29, 1.82) is 0 Å². The van der Waals surface area contributed by atoms with Gasteiger partial charge in [-0.05, 0) is 19.3 Å². The minimum Gasteiger partial charge on any atom is -0.465 e. The summed E-state index contributed by atoms with van der Waals surface area (Å²) in [5.41, 5.74) is 0. The number of carbonyl (C=O) groups is 2. The maximum absolute atomic E-state index is 11.4. The number of hydrogen-bond donors (Lipinski definition) is 1. The molecule has 1 heterocycles. The molecule has 0 aliphatic carbocycles. The first-order chi connectivity index (χ1) is 6.13. The van der Waals surface area contributed by atoms with Gasteiger partial charge < -0.3 is 10.0 Å². The molecular weight excluding hydrogens is 208 g/mol. The third-order valence-electron chi connectivity index (χ3n) is 2.20. The lowest BCUT2D eigenvalue weighted by atomic mass is 10.1. The molecule has 3 amide bonds. The van der Waals surface area contributed by atoms with Gasteiger partial charge in [-0.25, -0.2) is 14.5 Å². The van der Waals surface area contributed by atoms with Crippen molar-refractivity contribution in [2.45, 2.75) is 19.3 Å². The summed E-state index contributed by atoms with van der Waals surface area (Å²) in [7, 11) is 1.28. The van der Waals surface area contributed by atoms with Gasteiger partial charge in [0.15, 0.2) is 0 Å². The molecule has 0 saturated carbocycles. The van der Waals surface area contributed by atoms with Crippen molar-refractivity contribution in [2.24, 2.45) is 0 Å². The smallest absolute Gasteiger partial charge is 0.415 e. The quantitative estimate of drug-likeness (QED) is 0.678. The molecule has 6 heteroatoms. The molecule has 5 nitrogen and oxygen atoms in total. The first-order valence-corrected chi connectivity index (χ1v) is 4.38. The molecule has 0 bridgehead atoms. The summed E-state index contributed by atoms with van der Waals surface area (Å²) in [5.74, 6) is 0. The van der Waals surface area contributed by atoms with Crippen LogP contribution in [0, 0.1) is 0 Å². The first kappa shape index (κ1) is 13.0. The number of piperidine rings is 1. The number of rotatable bonds is 0. The van der Waals surface area contributed by atoms with E-state index in [1.165, 1.54) is 7.05 Å². The van der Waals surface area contributed by atoms with Crippen molar-refractivity contribution in [2.75, 3.05) is 20.1 Å². The number of carbonyl (C=O) groups excluding carboxylic acids is 1. The Morgan fingerprint density at radius 1 is 1.21 bits per heavy atom. The molecule has 82 valence electrons. The Morgan fingerprint density at radius 2 is 1.71 bits per heavy atom. The lowest BCUT2D eigenvalue weighted by Gasteiger charge is -2.28. The van der Waals surface area contributed by atoms with Gasteiger partial charge in [-0.15, -0.1) is 12.4 Å². The predicted octanol–water partition coefficient (Wildman–Crippen LogP) is 1.62. The summed E-state index contributed by atoms with van der Waals surface area (Å²) in [6.07, 6.45) is 1.87. The number of carboxylic acid groups (broad SMARTS) is 1. The lowest BCUT2D eigenvalue weighted by molar-refractivity contribution is 0.132. The van der Waals surface area contributed by atoms with Crippen LogP contribution >= 0.6 is 12.4 Å². The molecule has 1 aliphatic heterocycles. The summed E-state index contributed by atoms with van der Waals surface area (Å²) >= 11 is 0. The van der Waals surface area contributed by atoms with Crippen molar-refractivity contribution in [3.63, 3.8) is 0 Å². The zero-order valence-corrected chi connectivity index (χ0v) is 8.92. The highest BCUT2D eigenvalue weighted by Gasteiger charge is 2.23. The highest BCUT2D eigenvalue weighted by Crippen LogP contribution is 2.10. The topological polar surface area (TPSA) is 60.9 Å². The zero-order valence-electron chi connectivity index (χ0n) is 8.10. The molecule has 0 aromatic carbocycles. The normalized spacial score (nSPS) is 15.6. The van der Waals surface area contributed by atoms with Crippen LogP contribution < -0.4 is 0 Å². The average Bonchev–Trinajstić information content (AvgIpc) is 2.17. The fraction of sp³-hybridized carbons (Fsp3) is 0.750. The summed E-state index contributed by atoms with van der Waals surface area (Å²) in [6, 6.07) is -0.410. The van der Waals surface area contributed by atoms with E-state index >= 15 is 0 Å². The molecule has 1 fully saturated rings. The van der Waals surface area contributed by atoms with Crippen LogP contribution in [0.2, 0.25) is 0 Å². The molecule has 1 rings (SSSR count). The highest BCUT2D eigenvalue weighted by molar-refractivity contribution is 5.89. The second-order valence-corrected chi connectivity index (χ2v) is 3.17. The summed E-state index contributed by atoms with van der Waals surface area (Å²) in [6.45, 7) is 1.35. The Hall–Kier alpha value is -0.970. The predicted molar refractivity (Wildman–Crippen MR) is 53.9 cm³/mol. The Bertz CT molecular complexity index is 217. The van der Waals surface area contributed by atoms with Gasteiger partial charge in [0.2, 0.25) is 0 Å². The van der Waals surface area contributed by atoms with E-state index in [9.17, 15) is 9.59 Å². The number of likely N-dealkylation sites (tertiary alicyclic amines) is 1. The molecule has 1 N–H and O–H groups in total. The molecule has 1 saturated heterocycles. The summed E-state index contributed by atoms with van der Waals surface area (Å²) in [4.78, 5) is 24.2. The van der Waals surface area contributed by atoms with Gasteiger partial charge >= 0.3 is 12.1 Å². The Morgan fingerprint density at radius 3 is 2.14 bits per heavy atom. The molecule has 0 aromatic rings. The van der Waals surface area contributed by atoms with Crippen molar-refractivity contribution in [3.05, 3.63) is 0 Å². The maximum atomic E-state index is 11.4. The number of urea groups is 1. The largest absolute Gasteiger partial charge is 0.465 e. The minimum absolute atomic E-state index is 0. The van der Waals surface area contributed by atoms with E-state index in [1.54, 1.807) is 4.90 Å². The lowest BCUT2D eigenvalue weighted by Crippen LogP contribution is -2.45. The van der Waals surface area contributed by atoms with E-state index in [0.29, 0.717) is 13.1 Å². The second-order valence-electron chi connectivity index (χ2n) is 3.17. The van der Waals surface area contributed by atoms with Gasteiger partial charge in [-0.2, -0.15) is 0 Å². The average molecular weight is 223 g/mol. The van der Waals surface area contributed by atoms with Crippen LogP contribution in [-0.2, 0) is 0 Å². The zero-order chi connectivity index (χ0) is 9.84. The van der Waals surface area contributed by atoms with Crippen molar-refractivity contribution < 1.29 is 14.7 Å². The van der Waals surface area contributed by atoms with Crippen LogP contribution in [0.3, 0.4) is 0 Å². The third-order valence-corrected chi connectivity index (χ3v) is 2.20. The molecule has 0 atom stereocenters. The number of halogens is 1. The first-order valence-electron chi connectivity index (χ1n) is 4.38. The second kappa shape index (κ2) is 5.70. The number of nitrogens with zero attached hydrogens (tertiary/aromatic N) is 2. The molecule has 14 heavy (non-hydrogen) atoms. The fourth-order valence-corrected chi connectivity index (χ4v) is 1.38. The monoisotopic (exact) mass is 222 g/mol. The van der Waals surface area contributed by atoms with Gasteiger partial charge in [-0.1, -0.05) is 0 Å². The van der Waals surface area contributed by atoms with E-state index in [-0.39, 0.29) is 12.4 Å². The number of amides is 3. The molecule has 1 aliphatic rings. The van der Waals surface area contributed by atoms with Crippen molar-refractivity contribution in [1.82, 2.24) is 9.80 Å². The Kier molecular flexibility index (Phi) is 5.30. The van der Waals surface area contributed by atoms with Gasteiger partial charge in [0, 0.05) is 20.1 Å². The number of imide groups is 1. The van der Waals surface area contributed by atoms with E-state index < -0.39 is 12.1 Å². The van der Waals surface area contributed by atoms with Crippen molar-refractivity contribution in [3.8, 4) is 0 Å². The molecule has 0 radical (unpaired) electrons. The Labute approximate surface area is 89.1 Å². The third kappa shape index (κ3) is 3.06. The van der Waals surface area contributed by atoms with E-state index in [1.807, 2.05) is 0 Å². The fourth-order valence-electron chi connectivity index (χ4n) is 1.38. The molecule has 0 spiro atoms. The van der Waals surface area contributed by atoms with Crippen LogP contribution in [0.1, 0.15) is 19.3 Å². The van der Waals surface area contributed by atoms with Crippen LogP contribution in [-0.4, -0.2) is 47.2 Å². The number of hydrogen-bond acceptors (Lipinski definition) is 2. The van der Waals surface area contributed by atoms with E-state index in [4.69, 9.17) is 5.11 Å². The van der Waals surface area contributed by atoms with E-state index in [0.717, 1.165) is 24.2 Å². The van der Waals surface area contributed by atoms with Crippen LogP contribution in [0.4, 0.5) is 9.59 Å². The van der Waals surface area contributed by atoms with Gasteiger partial charge in [0.05, 0.1) is 0 Å². The van der Waals surface area contributed by atoms with Crippen LogP contribution in [0.5, 0.6) is 0 Å². The molecular formula is C8H15ClN2O3. The SMILES string of the molecule is CN(C(=O)O)C(=O)N1CCCCC1.Cl. The Balaban J connectivity index is 0.00000169. The minimum atomic E-state index is -1.20. The highest BCUT2D eigenvalue weighted by atomic mass is 35.5. The van der Waals surface area contributed by atoms with Gasteiger partial charge in [0.25, 0.3) is 0 Å². The van der Waals surface area contributed by atoms with Gasteiger partial charge in [0.1, 0.15) is 0 Å². The standard InChI is InChI=1S/C8H14N2O3.ClH/c1-9(8(12)13)7(11)10-5-3-2-4-6-10;/h2-6H2,1H3,(H,12,13);1H. The van der Waals surface area contributed by atoms with E-state index in [2.05, 4.69) is 0 Å². The van der Waals surface area contributed by atoms with Gasteiger partial charge in [-0.3, -0.25) is 0 Å². The molecule has 0 aromatic heterocycles. The maximum Gasteiger partial charge on any atom is 0.415 e. The van der Waals surface area contributed by atoms with Crippen LogP contribution in [0.15, 0.2) is 0 Å². The van der Waals surface area contributed by atoms with Crippen molar-refractivity contribution >= 4 is 24.5 Å².